The molecular formula is C42H27NOS. The van der Waals surface area contributed by atoms with Gasteiger partial charge in [-0.3, -0.25) is 0 Å². The molecule has 212 valence electrons. The van der Waals surface area contributed by atoms with Crippen LogP contribution in [-0.2, 0) is 0 Å². The fourth-order valence-corrected chi connectivity index (χ4v) is 7.70. The van der Waals surface area contributed by atoms with Gasteiger partial charge in [-0.05, 0) is 59.2 Å². The van der Waals surface area contributed by atoms with Crippen molar-refractivity contribution in [3.63, 3.8) is 0 Å². The van der Waals surface area contributed by atoms with E-state index in [0.717, 1.165) is 44.6 Å². The van der Waals surface area contributed by atoms with Gasteiger partial charge in [0.05, 0.1) is 11.4 Å². The standard InChI is InChI=1S/C42H27NOS/c1-3-12-28(13-4-1)29-22-24-31(25-23-29)43(36-19-9-7-16-32(36)30-14-5-2-6-15-30)37-20-11-18-33-34-26-27-39-40(42(34)44-41(33)37)35-17-8-10-21-38(35)45-39/h1-27H. The number of furan rings is 1. The van der Waals surface area contributed by atoms with Gasteiger partial charge in [0.25, 0.3) is 0 Å². The van der Waals surface area contributed by atoms with Crippen LogP contribution < -0.4 is 4.90 Å². The topological polar surface area (TPSA) is 16.4 Å². The van der Waals surface area contributed by atoms with Crippen LogP contribution in [0.15, 0.2) is 168 Å². The van der Waals surface area contributed by atoms with Gasteiger partial charge in [0.2, 0.25) is 0 Å². The van der Waals surface area contributed by atoms with Crippen LogP contribution in [0.3, 0.4) is 0 Å². The molecular weight excluding hydrogens is 567 g/mol. The number of rotatable bonds is 5. The normalized spacial score (nSPS) is 11.6. The van der Waals surface area contributed by atoms with Gasteiger partial charge in [-0.2, -0.15) is 0 Å². The largest absolute Gasteiger partial charge is 0.453 e. The smallest absolute Gasteiger partial charge is 0.159 e. The van der Waals surface area contributed by atoms with Crippen molar-refractivity contribution in [1.29, 1.82) is 0 Å². The molecule has 0 spiro atoms. The van der Waals surface area contributed by atoms with Crippen molar-refractivity contribution >= 4 is 70.5 Å². The first-order chi connectivity index (χ1) is 22.3. The Morgan fingerprint density at radius 3 is 1.84 bits per heavy atom. The van der Waals surface area contributed by atoms with Crippen LogP contribution in [0.5, 0.6) is 0 Å². The third kappa shape index (κ3) is 4.24. The van der Waals surface area contributed by atoms with Crippen LogP contribution in [0, 0.1) is 0 Å². The Kier molecular flexibility index (Phi) is 6.03. The second kappa shape index (κ2) is 10.5. The lowest BCUT2D eigenvalue weighted by atomic mass is 10.0. The average molecular weight is 594 g/mol. The molecule has 0 radical (unpaired) electrons. The van der Waals surface area contributed by atoms with Gasteiger partial charge >= 0.3 is 0 Å². The molecule has 0 aliphatic heterocycles. The molecule has 0 atom stereocenters. The zero-order chi connectivity index (χ0) is 29.7. The van der Waals surface area contributed by atoms with Crippen LogP contribution in [0.1, 0.15) is 0 Å². The number of thiophene rings is 1. The zero-order valence-electron chi connectivity index (χ0n) is 24.4. The molecule has 0 aliphatic rings. The molecule has 9 rings (SSSR count). The highest BCUT2D eigenvalue weighted by Crippen LogP contribution is 2.47. The third-order valence-electron chi connectivity index (χ3n) is 8.69. The molecule has 3 heteroatoms. The minimum Gasteiger partial charge on any atom is -0.453 e. The van der Waals surface area contributed by atoms with Crippen LogP contribution in [0.2, 0.25) is 0 Å². The number of nitrogens with zero attached hydrogens (tertiary/aromatic N) is 1. The van der Waals surface area contributed by atoms with Gasteiger partial charge in [0, 0.05) is 42.2 Å². The van der Waals surface area contributed by atoms with E-state index in [4.69, 9.17) is 4.42 Å². The summed E-state index contributed by atoms with van der Waals surface area (Å²) in [6, 6.07) is 58.3. The van der Waals surface area contributed by atoms with Crippen molar-refractivity contribution in [1.82, 2.24) is 0 Å². The maximum atomic E-state index is 6.99. The average Bonchev–Trinajstić information content (AvgIpc) is 3.69. The molecule has 0 unspecified atom stereocenters. The molecule has 0 bridgehead atoms. The zero-order valence-corrected chi connectivity index (χ0v) is 25.2. The number of hydrogen-bond acceptors (Lipinski definition) is 3. The van der Waals surface area contributed by atoms with E-state index in [1.165, 1.54) is 36.9 Å². The lowest BCUT2D eigenvalue weighted by Gasteiger charge is -2.28. The Hall–Kier alpha value is -5.64. The quantitative estimate of drug-likeness (QED) is 0.197. The summed E-state index contributed by atoms with van der Waals surface area (Å²) in [4.78, 5) is 2.35. The molecule has 0 N–H and O–H groups in total. The summed E-state index contributed by atoms with van der Waals surface area (Å²) < 4.78 is 9.51. The Morgan fingerprint density at radius 1 is 0.400 bits per heavy atom. The summed E-state index contributed by atoms with van der Waals surface area (Å²) >= 11 is 1.82. The highest BCUT2D eigenvalue weighted by Gasteiger charge is 2.23. The first kappa shape index (κ1) is 25.8. The molecule has 0 amide bonds. The molecule has 2 aromatic heterocycles. The third-order valence-corrected chi connectivity index (χ3v) is 9.82. The summed E-state index contributed by atoms with van der Waals surface area (Å²) in [7, 11) is 0. The molecule has 0 saturated heterocycles. The summed E-state index contributed by atoms with van der Waals surface area (Å²) in [6.07, 6.45) is 0. The van der Waals surface area contributed by atoms with Gasteiger partial charge in [-0.15, -0.1) is 11.3 Å². The summed E-state index contributed by atoms with van der Waals surface area (Å²) in [5, 5.41) is 4.69. The van der Waals surface area contributed by atoms with Crippen molar-refractivity contribution in [2.75, 3.05) is 4.90 Å². The van der Waals surface area contributed by atoms with Crippen LogP contribution in [0.25, 0.3) is 64.4 Å². The van der Waals surface area contributed by atoms with E-state index in [-0.39, 0.29) is 0 Å². The monoisotopic (exact) mass is 593 g/mol. The number of fused-ring (bicyclic) bond motifs is 7. The molecule has 2 nitrogen and oxygen atoms in total. The summed E-state index contributed by atoms with van der Waals surface area (Å²) in [5.74, 6) is 0. The van der Waals surface area contributed by atoms with Gasteiger partial charge < -0.3 is 9.32 Å². The van der Waals surface area contributed by atoms with E-state index in [2.05, 4.69) is 169 Å². The highest BCUT2D eigenvalue weighted by molar-refractivity contribution is 7.26. The van der Waals surface area contributed by atoms with E-state index < -0.39 is 0 Å². The lowest BCUT2D eigenvalue weighted by Crippen LogP contribution is -2.11. The Morgan fingerprint density at radius 2 is 1.02 bits per heavy atom. The Bertz CT molecular complexity index is 2470. The first-order valence-electron chi connectivity index (χ1n) is 15.2. The molecule has 0 saturated carbocycles. The van der Waals surface area contributed by atoms with Crippen molar-refractivity contribution in [2.24, 2.45) is 0 Å². The van der Waals surface area contributed by atoms with Crippen LogP contribution in [0.4, 0.5) is 17.1 Å². The summed E-state index contributed by atoms with van der Waals surface area (Å²) in [5.41, 5.74) is 9.70. The van der Waals surface area contributed by atoms with Crippen molar-refractivity contribution in [3.05, 3.63) is 164 Å². The molecule has 0 aliphatic carbocycles. The van der Waals surface area contributed by atoms with Crippen LogP contribution in [-0.4, -0.2) is 0 Å². The maximum Gasteiger partial charge on any atom is 0.159 e. The fourth-order valence-electron chi connectivity index (χ4n) is 6.60. The van der Waals surface area contributed by atoms with E-state index in [1.54, 1.807) is 0 Å². The van der Waals surface area contributed by atoms with Crippen molar-refractivity contribution < 1.29 is 4.42 Å². The molecule has 0 fully saturated rings. The van der Waals surface area contributed by atoms with E-state index >= 15 is 0 Å². The van der Waals surface area contributed by atoms with E-state index in [9.17, 15) is 0 Å². The predicted octanol–water partition coefficient (Wildman–Crippen LogP) is 12.8. The molecule has 45 heavy (non-hydrogen) atoms. The molecule has 9 aromatic rings. The predicted molar refractivity (Wildman–Crippen MR) is 192 cm³/mol. The van der Waals surface area contributed by atoms with Gasteiger partial charge in [-0.25, -0.2) is 0 Å². The van der Waals surface area contributed by atoms with Gasteiger partial charge in [0.1, 0.15) is 5.58 Å². The van der Waals surface area contributed by atoms with Crippen molar-refractivity contribution in [3.8, 4) is 22.3 Å². The van der Waals surface area contributed by atoms with Gasteiger partial charge in [0.15, 0.2) is 5.58 Å². The van der Waals surface area contributed by atoms with Crippen LogP contribution >= 0.6 is 11.3 Å². The van der Waals surface area contributed by atoms with Gasteiger partial charge in [-0.1, -0.05) is 121 Å². The number of anilines is 3. The Balaban J connectivity index is 1.31. The fraction of sp³-hybridized carbons (Fsp3) is 0. The lowest BCUT2D eigenvalue weighted by molar-refractivity contribution is 0.673. The van der Waals surface area contributed by atoms with E-state index in [1.807, 2.05) is 11.3 Å². The SMILES string of the molecule is c1ccc(-c2ccc(N(c3ccccc3-c3ccccc3)c3cccc4c3oc3c4ccc4sc5ccccc5c43)cc2)cc1. The van der Waals surface area contributed by atoms with E-state index in [0.29, 0.717) is 0 Å². The summed E-state index contributed by atoms with van der Waals surface area (Å²) in [6.45, 7) is 0. The second-order valence-electron chi connectivity index (χ2n) is 11.3. The Labute approximate surface area is 265 Å². The minimum atomic E-state index is 0.880. The number of benzene rings is 7. The first-order valence-corrected chi connectivity index (χ1v) is 16.0. The number of para-hydroxylation sites is 2. The maximum absolute atomic E-state index is 6.99. The molecule has 7 aromatic carbocycles. The number of hydrogen-bond donors (Lipinski definition) is 0. The van der Waals surface area contributed by atoms with Crippen molar-refractivity contribution in [2.45, 2.75) is 0 Å². The highest BCUT2D eigenvalue weighted by atomic mass is 32.1. The minimum absolute atomic E-state index is 0.880. The second-order valence-corrected chi connectivity index (χ2v) is 12.4. The molecule has 2 heterocycles.